The van der Waals surface area contributed by atoms with Gasteiger partial charge in [0.15, 0.2) is 0 Å². The van der Waals surface area contributed by atoms with Gasteiger partial charge in [0.2, 0.25) is 11.9 Å². The van der Waals surface area contributed by atoms with Crippen molar-refractivity contribution < 1.29 is 4.74 Å². The fraction of sp³-hybridized carbons (Fsp3) is 0.750. The van der Waals surface area contributed by atoms with E-state index in [-0.39, 0.29) is 12.1 Å². The Morgan fingerprint density at radius 3 is 2.50 bits per heavy atom. The summed E-state index contributed by atoms with van der Waals surface area (Å²) in [6.07, 6.45) is 2.35. The van der Waals surface area contributed by atoms with Crippen molar-refractivity contribution in [3.05, 3.63) is 0 Å². The molecular weight excluding hydrogens is 230 g/mol. The van der Waals surface area contributed by atoms with E-state index in [2.05, 4.69) is 26.8 Å². The molecule has 100 valence electrons. The summed E-state index contributed by atoms with van der Waals surface area (Å²) in [4.78, 5) is 14.6. The molecule has 18 heavy (non-hydrogen) atoms. The van der Waals surface area contributed by atoms with Crippen LogP contribution in [0.1, 0.15) is 33.6 Å². The minimum absolute atomic E-state index is 0.0287. The lowest BCUT2D eigenvalue weighted by Crippen LogP contribution is -2.34. The van der Waals surface area contributed by atoms with Gasteiger partial charge in [-0.15, -0.1) is 0 Å². The minimum atomic E-state index is 0.0287. The van der Waals surface area contributed by atoms with Crippen LogP contribution in [0, 0.1) is 5.92 Å². The van der Waals surface area contributed by atoms with Crippen LogP contribution in [0.15, 0.2) is 0 Å². The van der Waals surface area contributed by atoms with Crippen LogP contribution >= 0.6 is 0 Å². The van der Waals surface area contributed by atoms with Gasteiger partial charge in [-0.1, -0.05) is 6.92 Å². The molecule has 0 atom stereocenters. The van der Waals surface area contributed by atoms with Gasteiger partial charge in [0, 0.05) is 13.1 Å². The van der Waals surface area contributed by atoms with Crippen molar-refractivity contribution in [2.75, 3.05) is 23.7 Å². The first-order valence-corrected chi connectivity index (χ1v) is 6.47. The molecule has 1 saturated heterocycles. The molecule has 0 saturated carbocycles. The van der Waals surface area contributed by atoms with Crippen LogP contribution in [-0.2, 0) is 0 Å². The van der Waals surface area contributed by atoms with Crippen molar-refractivity contribution >= 4 is 11.9 Å². The van der Waals surface area contributed by atoms with Crippen molar-refractivity contribution in [1.29, 1.82) is 0 Å². The molecule has 0 spiro atoms. The standard InChI is InChI=1S/C12H21N5O/c1-8(2)18-12-15-10(13)14-11(16-12)17-6-4-9(3)5-7-17/h8-9H,4-7H2,1-3H3,(H2,13,14,15,16). The maximum atomic E-state index is 5.70. The summed E-state index contributed by atoms with van der Waals surface area (Å²) in [5.74, 6) is 1.62. The van der Waals surface area contributed by atoms with E-state index < -0.39 is 0 Å². The Hall–Kier alpha value is -1.59. The van der Waals surface area contributed by atoms with E-state index in [9.17, 15) is 0 Å². The number of nitrogen functional groups attached to an aromatic ring is 1. The largest absolute Gasteiger partial charge is 0.461 e. The smallest absolute Gasteiger partial charge is 0.323 e. The Kier molecular flexibility index (Phi) is 3.84. The van der Waals surface area contributed by atoms with Crippen molar-refractivity contribution in [2.45, 2.75) is 39.7 Å². The van der Waals surface area contributed by atoms with Crippen molar-refractivity contribution in [3.63, 3.8) is 0 Å². The summed E-state index contributed by atoms with van der Waals surface area (Å²) in [7, 11) is 0. The average molecular weight is 251 g/mol. The Balaban J connectivity index is 2.14. The Bertz CT molecular complexity index is 401. The fourth-order valence-corrected chi connectivity index (χ4v) is 1.97. The molecule has 1 aliphatic rings. The molecule has 1 aliphatic heterocycles. The van der Waals surface area contributed by atoms with E-state index >= 15 is 0 Å². The lowest BCUT2D eigenvalue weighted by Gasteiger charge is -2.30. The molecule has 6 heteroatoms. The monoisotopic (exact) mass is 251 g/mol. The molecule has 0 aliphatic carbocycles. The molecule has 2 N–H and O–H groups in total. The maximum absolute atomic E-state index is 5.70. The Morgan fingerprint density at radius 1 is 1.22 bits per heavy atom. The molecule has 0 amide bonds. The Labute approximate surface area is 108 Å². The van der Waals surface area contributed by atoms with Gasteiger partial charge in [-0.2, -0.15) is 15.0 Å². The van der Waals surface area contributed by atoms with Crippen LogP contribution in [0.2, 0.25) is 0 Å². The molecule has 2 rings (SSSR count). The van der Waals surface area contributed by atoms with Crippen LogP contribution in [0.3, 0.4) is 0 Å². The van der Waals surface area contributed by atoms with E-state index in [0.717, 1.165) is 31.8 Å². The minimum Gasteiger partial charge on any atom is -0.461 e. The Morgan fingerprint density at radius 2 is 1.89 bits per heavy atom. The normalized spacial score (nSPS) is 17.2. The van der Waals surface area contributed by atoms with E-state index in [0.29, 0.717) is 12.0 Å². The number of rotatable bonds is 3. The highest BCUT2D eigenvalue weighted by atomic mass is 16.5. The molecule has 1 fully saturated rings. The predicted octanol–water partition coefficient (Wildman–Crippen LogP) is 1.48. The predicted molar refractivity (Wildman–Crippen MR) is 70.6 cm³/mol. The van der Waals surface area contributed by atoms with Crippen molar-refractivity contribution in [2.24, 2.45) is 5.92 Å². The number of ether oxygens (including phenoxy) is 1. The topological polar surface area (TPSA) is 77.2 Å². The number of nitrogens with zero attached hydrogens (tertiary/aromatic N) is 4. The van der Waals surface area contributed by atoms with Gasteiger partial charge < -0.3 is 15.4 Å². The second-order valence-corrected chi connectivity index (χ2v) is 5.11. The lowest BCUT2D eigenvalue weighted by atomic mass is 10.00. The maximum Gasteiger partial charge on any atom is 0.323 e. The van der Waals surface area contributed by atoms with Crippen molar-refractivity contribution in [1.82, 2.24) is 15.0 Å². The number of hydrogen-bond acceptors (Lipinski definition) is 6. The number of piperidine rings is 1. The summed E-state index contributed by atoms with van der Waals surface area (Å²) in [5.41, 5.74) is 5.70. The van der Waals surface area contributed by atoms with Gasteiger partial charge in [-0.05, 0) is 32.6 Å². The zero-order valence-electron chi connectivity index (χ0n) is 11.3. The summed E-state index contributed by atoms with van der Waals surface area (Å²) in [5, 5.41) is 0. The molecule has 0 radical (unpaired) electrons. The zero-order valence-corrected chi connectivity index (χ0v) is 11.3. The van der Waals surface area contributed by atoms with Crippen molar-refractivity contribution in [3.8, 4) is 6.01 Å². The molecular formula is C12H21N5O. The second-order valence-electron chi connectivity index (χ2n) is 5.11. The highest BCUT2D eigenvalue weighted by Gasteiger charge is 2.19. The van der Waals surface area contributed by atoms with Crippen LogP contribution < -0.4 is 15.4 Å². The first kappa shape index (κ1) is 12.9. The third-order valence-electron chi connectivity index (χ3n) is 3.03. The highest BCUT2D eigenvalue weighted by molar-refractivity contribution is 5.36. The molecule has 1 aromatic heterocycles. The molecule has 6 nitrogen and oxygen atoms in total. The molecule has 2 heterocycles. The van der Waals surface area contributed by atoms with E-state index in [1.54, 1.807) is 0 Å². The molecule has 0 unspecified atom stereocenters. The van der Waals surface area contributed by atoms with Gasteiger partial charge >= 0.3 is 6.01 Å². The van der Waals surface area contributed by atoms with Crippen LogP contribution in [0.4, 0.5) is 11.9 Å². The van der Waals surface area contributed by atoms with Gasteiger partial charge in [0.1, 0.15) is 0 Å². The third-order valence-corrected chi connectivity index (χ3v) is 3.03. The van der Waals surface area contributed by atoms with E-state index in [4.69, 9.17) is 10.5 Å². The average Bonchev–Trinajstić information content (AvgIpc) is 2.28. The van der Waals surface area contributed by atoms with E-state index in [1.807, 2.05) is 13.8 Å². The number of nitrogens with two attached hydrogens (primary N) is 1. The second kappa shape index (κ2) is 5.37. The first-order chi connectivity index (χ1) is 8.54. The summed E-state index contributed by atoms with van der Waals surface area (Å²) in [6, 6.07) is 0.311. The van der Waals surface area contributed by atoms with Crippen LogP contribution in [0.5, 0.6) is 6.01 Å². The summed E-state index contributed by atoms with van der Waals surface area (Å²) < 4.78 is 5.48. The first-order valence-electron chi connectivity index (χ1n) is 6.47. The lowest BCUT2D eigenvalue weighted by molar-refractivity contribution is 0.222. The van der Waals surface area contributed by atoms with Gasteiger partial charge in [-0.25, -0.2) is 0 Å². The van der Waals surface area contributed by atoms with Crippen LogP contribution in [0.25, 0.3) is 0 Å². The number of aromatic nitrogens is 3. The van der Waals surface area contributed by atoms with Gasteiger partial charge in [0.25, 0.3) is 0 Å². The van der Waals surface area contributed by atoms with Gasteiger partial charge in [0.05, 0.1) is 6.10 Å². The summed E-state index contributed by atoms with van der Waals surface area (Å²) >= 11 is 0. The highest BCUT2D eigenvalue weighted by Crippen LogP contribution is 2.21. The number of anilines is 2. The molecule has 0 aromatic carbocycles. The summed E-state index contributed by atoms with van der Waals surface area (Å²) in [6.45, 7) is 8.06. The molecule has 0 bridgehead atoms. The number of hydrogen-bond donors (Lipinski definition) is 1. The van der Waals surface area contributed by atoms with Gasteiger partial charge in [-0.3, -0.25) is 0 Å². The van der Waals surface area contributed by atoms with Crippen LogP contribution in [-0.4, -0.2) is 34.1 Å². The SMILES string of the molecule is CC1CCN(c2nc(N)nc(OC(C)C)n2)CC1. The molecule has 1 aromatic rings. The zero-order chi connectivity index (χ0) is 13.1. The fourth-order valence-electron chi connectivity index (χ4n) is 1.97. The van der Waals surface area contributed by atoms with E-state index in [1.165, 1.54) is 0 Å². The quantitative estimate of drug-likeness (QED) is 0.876. The third kappa shape index (κ3) is 3.21.